The van der Waals surface area contributed by atoms with Crippen LogP contribution in [0.1, 0.15) is 17.8 Å². The number of halogens is 4. The fraction of sp³-hybridized carbons (Fsp3) is 0.296. The number of anilines is 1. The standard InChI is InChI=1S/C27H28F4N6OSi/c1-16-24-25(37(34-16)15-38-12-13-39(2,3)4)18-14-17(21-10-11-36(35-21)27(30)31)8-9-22(18)32-26(33-24)23-19(28)6-5-7-20(23)29/h5-11,14,27H,12-13,15H2,1-4H3,(H,32,33). The molecular formula is C27H28F4N6OSi. The Balaban J connectivity index is 1.63. The lowest BCUT2D eigenvalue weighted by Gasteiger charge is -2.17. The lowest BCUT2D eigenvalue weighted by atomic mass is 10.0. The summed E-state index contributed by atoms with van der Waals surface area (Å²) in [6.07, 6.45) is 1.21. The molecule has 1 N–H and O–H groups in total. The van der Waals surface area contributed by atoms with Gasteiger partial charge in [0.05, 0.1) is 22.6 Å². The number of fused-ring (bicyclic) bond motifs is 3. The van der Waals surface area contributed by atoms with E-state index >= 15 is 0 Å². The molecule has 0 unspecified atom stereocenters. The number of aryl methyl sites for hydroxylation is 1. The molecule has 1 aliphatic rings. The molecule has 2 aromatic carbocycles. The van der Waals surface area contributed by atoms with Gasteiger partial charge in [0.15, 0.2) is 0 Å². The van der Waals surface area contributed by atoms with Crippen LogP contribution >= 0.6 is 0 Å². The van der Waals surface area contributed by atoms with Gasteiger partial charge in [-0.1, -0.05) is 31.8 Å². The van der Waals surface area contributed by atoms with Crippen LogP contribution in [0, 0.1) is 18.6 Å². The zero-order valence-corrected chi connectivity index (χ0v) is 23.0. The highest BCUT2D eigenvalue weighted by Crippen LogP contribution is 2.42. The minimum absolute atomic E-state index is 0.0115. The number of rotatable bonds is 8. The minimum Gasteiger partial charge on any atom is -0.360 e. The largest absolute Gasteiger partial charge is 0.360 e. The van der Waals surface area contributed by atoms with Gasteiger partial charge in [-0.2, -0.15) is 19.0 Å². The molecule has 5 rings (SSSR count). The minimum atomic E-state index is -2.77. The zero-order chi connectivity index (χ0) is 27.9. The van der Waals surface area contributed by atoms with Crippen LogP contribution in [0.3, 0.4) is 0 Å². The number of alkyl halides is 2. The molecule has 0 fully saturated rings. The zero-order valence-electron chi connectivity index (χ0n) is 22.0. The summed E-state index contributed by atoms with van der Waals surface area (Å²) in [5, 5.41) is 11.7. The molecule has 0 spiro atoms. The van der Waals surface area contributed by atoms with Gasteiger partial charge in [0, 0.05) is 37.7 Å². The summed E-state index contributed by atoms with van der Waals surface area (Å²) in [6.45, 7) is 6.48. The van der Waals surface area contributed by atoms with Gasteiger partial charge in [-0.25, -0.2) is 23.1 Å². The van der Waals surface area contributed by atoms with Gasteiger partial charge in [0.2, 0.25) is 0 Å². The van der Waals surface area contributed by atoms with E-state index in [4.69, 9.17) is 4.74 Å². The molecule has 0 radical (unpaired) electrons. The Kier molecular flexibility index (Phi) is 7.16. The number of amidine groups is 1. The lowest BCUT2D eigenvalue weighted by Crippen LogP contribution is -2.22. The highest BCUT2D eigenvalue weighted by molar-refractivity contribution is 6.76. The van der Waals surface area contributed by atoms with Crippen molar-refractivity contribution in [2.24, 2.45) is 4.99 Å². The van der Waals surface area contributed by atoms with Crippen molar-refractivity contribution in [2.75, 3.05) is 11.9 Å². The molecule has 0 aliphatic carbocycles. The third-order valence-electron chi connectivity index (χ3n) is 6.36. The quantitative estimate of drug-likeness (QED) is 0.141. The molecule has 0 saturated carbocycles. The van der Waals surface area contributed by atoms with Crippen molar-refractivity contribution in [1.82, 2.24) is 19.6 Å². The van der Waals surface area contributed by atoms with Crippen LogP contribution < -0.4 is 5.32 Å². The summed E-state index contributed by atoms with van der Waals surface area (Å²) in [6, 6.07) is 11.3. The summed E-state index contributed by atoms with van der Waals surface area (Å²) in [5.41, 5.74) is 3.28. The molecule has 3 heterocycles. The van der Waals surface area contributed by atoms with Gasteiger partial charge >= 0.3 is 6.55 Å². The fourth-order valence-electron chi connectivity index (χ4n) is 4.31. The second-order valence-electron chi connectivity index (χ2n) is 10.5. The summed E-state index contributed by atoms with van der Waals surface area (Å²) < 4.78 is 64.2. The summed E-state index contributed by atoms with van der Waals surface area (Å²) in [7, 11) is -1.31. The first-order valence-electron chi connectivity index (χ1n) is 12.5. The molecule has 0 bridgehead atoms. The monoisotopic (exact) mass is 556 g/mol. The highest BCUT2D eigenvalue weighted by atomic mass is 28.3. The van der Waals surface area contributed by atoms with Crippen LogP contribution in [0.2, 0.25) is 25.7 Å². The second-order valence-corrected chi connectivity index (χ2v) is 16.2. The normalized spacial score (nSPS) is 13.1. The van der Waals surface area contributed by atoms with Gasteiger partial charge in [0.1, 0.15) is 29.9 Å². The lowest BCUT2D eigenvalue weighted by molar-refractivity contribution is 0.0568. The first-order chi connectivity index (χ1) is 18.5. The van der Waals surface area contributed by atoms with E-state index in [9.17, 15) is 17.6 Å². The third-order valence-corrected chi connectivity index (χ3v) is 8.06. The second kappa shape index (κ2) is 10.4. The Labute approximate surface area is 224 Å². The maximum absolute atomic E-state index is 14.8. The van der Waals surface area contributed by atoms with Gasteiger partial charge in [-0.15, -0.1) is 0 Å². The predicted octanol–water partition coefficient (Wildman–Crippen LogP) is 7.21. The summed E-state index contributed by atoms with van der Waals surface area (Å²) in [4.78, 5) is 4.64. The fourth-order valence-corrected chi connectivity index (χ4v) is 5.07. The van der Waals surface area contributed by atoms with E-state index in [-0.39, 0.29) is 18.1 Å². The van der Waals surface area contributed by atoms with Crippen molar-refractivity contribution >= 4 is 25.3 Å². The molecule has 4 aromatic rings. The van der Waals surface area contributed by atoms with Crippen LogP contribution in [-0.4, -0.2) is 40.1 Å². The number of aromatic nitrogens is 4. The summed E-state index contributed by atoms with van der Waals surface area (Å²) >= 11 is 0. The van der Waals surface area contributed by atoms with Crippen molar-refractivity contribution in [3.05, 3.63) is 71.6 Å². The van der Waals surface area contributed by atoms with Crippen molar-refractivity contribution in [1.29, 1.82) is 0 Å². The Morgan fingerprint density at radius 3 is 2.44 bits per heavy atom. The summed E-state index contributed by atoms with van der Waals surface area (Å²) in [5.74, 6) is -1.54. The van der Waals surface area contributed by atoms with E-state index in [0.717, 1.165) is 6.04 Å². The van der Waals surface area contributed by atoms with E-state index in [2.05, 4.69) is 40.1 Å². The van der Waals surface area contributed by atoms with Crippen LogP contribution in [0.4, 0.5) is 28.9 Å². The van der Waals surface area contributed by atoms with E-state index in [1.54, 1.807) is 29.8 Å². The first-order valence-corrected chi connectivity index (χ1v) is 16.2. The molecule has 7 nitrogen and oxygen atoms in total. The highest BCUT2D eigenvalue weighted by Gasteiger charge is 2.27. The van der Waals surface area contributed by atoms with E-state index in [1.807, 2.05) is 0 Å². The van der Waals surface area contributed by atoms with Gasteiger partial charge < -0.3 is 10.1 Å². The number of aliphatic imine (C=N–C) groups is 1. The number of nitrogens with zero attached hydrogens (tertiary/aromatic N) is 5. The van der Waals surface area contributed by atoms with E-state index in [0.29, 0.717) is 50.9 Å². The van der Waals surface area contributed by atoms with Crippen molar-refractivity contribution in [3.63, 3.8) is 0 Å². The van der Waals surface area contributed by atoms with Crippen molar-refractivity contribution in [2.45, 2.75) is 45.9 Å². The Morgan fingerprint density at radius 1 is 1.03 bits per heavy atom. The SMILES string of the molecule is Cc1nn(COCC[Si](C)(C)C)c2c1N=C(c1c(F)cccc1F)Nc1ccc(-c3ccn(C(F)F)n3)cc1-2. The number of hydrogen-bond acceptors (Lipinski definition) is 5. The molecule has 2 aromatic heterocycles. The Bertz CT molecular complexity index is 1540. The van der Waals surface area contributed by atoms with Gasteiger partial charge in [-0.3, -0.25) is 0 Å². The predicted molar refractivity (Wildman–Crippen MR) is 145 cm³/mol. The maximum Gasteiger partial charge on any atom is 0.333 e. The molecule has 1 aliphatic heterocycles. The number of benzene rings is 2. The number of nitrogens with one attached hydrogen (secondary N) is 1. The average molecular weight is 557 g/mol. The maximum atomic E-state index is 14.8. The van der Waals surface area contributed by atoms with E-state index < -0.39 is 26.3 Å². The topological polar surface area (TPSA) is 69.3 Å². The van der Waals surface area contributed by atoms with Crippen LogP contribution in [-0.2, 0) is 11.5 Å². The van der Waals surface area contributed by atoms with Crippen molar-refractivity contribution in [3.8, 4) is 22.5 Å². The smallest absolute Gasteiger partial charge is 0.333 e. The Morgan fingerprint density at radius 2 is 1.77 bits per heavy atom. The molecule has 0 saturated heterocycles. The van der Waals surface area contributed by atoms with Crippen molar-refractivity contribution < 1.29 is 22.3 Å². The van der Waals surface area contributed by atoms with Crippen LogP contribution in [0.5, 0.6) is 0 Å². The molecular weight excluding hydrogens is 528 g/mol. The molecule has 39 heavy (non-hydrogen) atoms. The number of hydrogen-bond donors (Lipinski definition) is 1. The van der Waals surface area contributed by atoms with Gasteiger partial charge in [0.25, 0.3) is 0 Å². The van der Waals surface area contributed by atoms with E-state index in [1.165, 1.54) is 30.5 Å². The third kappa shape index (κ3) is 5.52. The molecule has 204 valence electrons. The number of ether oxygens (including phenoxy) is 1. The van der Waals surface area contributed by atoms with Crippen LogP contribution in [0.25, 0.3) is 22.5 Å². The molecule has 0 amide bonds. The average Bonchev–Trinajstić information content (AvgIpc) is 3.42. The van der Waals surface area contributed by atoms with Gasteiger partial charge in [-0.05, 0) is 43.3 Å². The Hall–Kier alpha value is -3.77. The first kappa shape index (κ1) is 26.8. The van der Waals surface area contributed by atoms with Crippen LogP contribution in [0.15, 0.2) is 53.7 Å². The molecule has 0 atom stereocenters. The molecule has 12 heteroatoms.